The molecule has 0 aromatic heterocycles. The molecule has 114 valence electrons. The van der Waals surface area contributed by atoms with Crippen LogP contribution in [-0.4, -0.2) is 17.0 Å². The number of benzene rings is 1. The number of hydrogen-bond donors (Lipinski definition) is 2. The lowest BCUT2D eigenvalue weighted by molar-refractivity contribution is -0.159. The standard InChI is InChI=1S/C14H14F3NO3/c1-8-3-4-9(7-10(8)14(15,16)17)18-11(19)13(12(20)21)5-2-6-13/h3-4,7H,2,5-6H2,1H3,(H,18,19)(H,20,21). The van der Waals surface area contributed by atoms with Gasteiger partial charge in [-0.25, -0.2) is 0 Å². The van der Waals surface area contributed by atoms with E-state index in [0.717, 1.165) is 6.07 Å². The molecule has 21 heavy (non-hydrogen) atoms. The number of carbonyl (C=O) groups excluding carboxylic acids is 1. The number of halogens is 3. The summed E-state index contributed by atoms with van der Waals surface area (Å²) >= 11 is 0. The highest BCUT2D eigenvalue weighted by Gasteiger charge is 2.51. The van der Waals surface area contributed by atoms with Crippen LogP contribution in [0.2, 0.25) is 0 Å². The van der Waals surface area contributed by atoms with Crippen LogP contribution in [0.25, 0.3) is 0 Å². The molecule has 2 rings (SSSR count). The third-order valence-electron chi connectivity index (χ3n) is 3.85. The van der Waals surface area contributed by atoms with E-state index >= 15 is 0 Å². The maximum atomic E-state index is 12.8. The first-order valence-corrected chi connectivity index (χ1v) is 6.39. The Bertz CT molecular complexity index is 592. The summed E-state index contributed by atoms with van der Waals surface area (Å²) in [4.78, 5) is 23.2. The fourth-order valence-corrected chi connectivity index (χ4v) is 2.32. The molecular formula is C14H14F3NO3. The minimum atomic E-state index is -4.52. The quantitative estimate of drug-likeness (QED) is 0.842. The summed E-state index contributed by atoms with van der Waals surface area (Å²) in [5.41, 5.74) is -2.37. The molecule has 1 amide bonds. The zero-order valence-electron chi connectivity index (χ0n) is 11.3. The topological polar surface area (TPSA) is 66.4 Å². The Morgan fingerprint density at radius 2 is 1.90 bits per heavy atom. The van der Waals surface area contributed by atoms with Crippen LogP contribution in [0.15, 0.2) is 18.2 Å². The fraction of sp³-hybridized carbons (Fsp3) is 0.429. The van der Waals surface area contributed by atoms with Crippen LogP contribution >= 0.6 is 0 Å². The molecule has 0 radical (unpaired) electrons. The van der Waals surface area contributed by atoms with Gasteiger partial charge in [-0.15, -0.1) is 0 Å². The van der Waals surface area contributed by atoms with E-state index in [1.807, 2.05) is 0 Å². The molecule has 1 fully saturated rings. The smallest absolute Gasteiger partial charge is 0.416 e. The van der Waals surface area contributed by atoms with E-state index in [2.05, 4.69) is 5.32 Å². The van der Waals surface area contributed by atoms with E-state index in [4.69, 9.17) is 5.11 Å². The molecule has 1 aliphatic rings. The van der Waals surface area contributed by atoms with Gasteiger partial charge in [-0.05, 0) is 37.5 Å². The van der Waals surface area contributed by atoms with Crippen molar-refractivity contribution >= 4 is 17.6 Å². The molecule has 1 aromatic carbocycles. The largest absolute Gasteiger partial charge is 0.480 e. The van der Waals surface area contributed by atoms with Crippen molar-refractivity contribution in [3.05, 3.63) is 29.3 Å². The van der Waals surface area contributed by atoms with Crippen molar-refractivity contribution in [2.75, 3.05) is 5.32 Å². The van der Waals surface area contributed by atoms with Crippen molar-refractivity contribution in [1.29, 1.82) is 0 Å². The monoisotopic (exact) mass is 301 g/mol. The Kier molecular flexibility index (Phi) is 3.69. The van der Waals surface area contributed by atoms with E-state index in [-0.39, 0.29) is 24.1 Å². The second kappa shape index (κ2) is 5.05. The van der Waals surface area contributed by atoms with Gasteiger partial charge in [-0.2, -0.15) is 13.2 Å². The summed E-state index contributed by atoms with van der Waals surface area (Å²) in [5, 5.41) is 11.4. The van der Waals surface area contributed by atoms with E-state index in [1.165, 1.54) is 19.1 Å². The van der Waals surface area contributed by atoms with Gasteiger partial charge >= 0.3 is 12.1 Å². The molecule has 0 spiro atoms. The molecule has 1 aromatic rings. The van der Waals surface area contributed by atoms with Gasteiger partial charge in [0.25, 0.3) is 0 Å². The molecule has 1 saturated carbocycles. The summed E-state index contributed by atoms with van der Waals surface area (Å²) in [6.07, 6.45) is -3.51. The predicted molar refractivity (Wildman–Crippen MR) is 68.7 cm³/mol. The van der Waals surface area contributed by atoms with Crippen LogP contribution in [0, 0.1) is 12.3 Å². The maximum absolute atomic E-state index is 12.8. The van der Waals surface area contributed by atoms with E-state index in [1.54, 1.807) is 0 Å². The molecule has 0 unspecified atom stereocenters. The van der Waals surface area contributed by atoms with Crippen molar-refractivity contribution < 1.29 is 27.9 Å². The first kappa shape index (κ1) is 15.3. The van der Waals surface area contributed by atoms with Gasteiger partial charge in [0.2, 0.25) is 5.91 Å². The van der Waals surface area contributed by atoms with Crippen molar-refractivity contribution in [1.82, 2.24) is 0 Å². The Hall–Kier alpha value is -2.05. The van der Waals surface area contributed by atoms with Crippen molar-refractivity contribution in [3.8, 4) is 0 Å². The molecule has 0 bridgehead atoms. The van der Waals surface area contributed by atoms with E-state index in [9.17, 15) is 22.8 Å². The van der Waals surface area contributed by atoms with Gasteiger partial charge in [0, 0.05) is 5.69 Å². The Morgan fingerprint density at radius 1 is 1.29 bits per heavy atom. The number of amides is 1. The average molecular weight is 301 g/mol. The minimum Gasteiger partial charge on any atom is -0.480 e. The molecular weight excluding hydrogens is 287 g/mol. The summed E-state index contributed by atoms with van der Waals surface area (Å²) in [7, 11) is 0. The first-order chi connectivity index (χ1) is 9.67. The zero-order valence-corrected chi connectivity index (χ0v) is 11.3. The summed E-state index contributed by atoms with van der Waals surface area (Å²) < 4.78 is 38.4. The number of aliphatic carboxylic acids is 1. The normalized spacial score (nSPS) is 17.0. The number of rotatable bonds is 3. The van der Waals surface area contributed by atoms with Crippen LogP contribution in [0.1, 0.15) is 30.4 Å². The molecule has 0 heterocycles. The van der Waals surface area contributed by atoms with Crippen LogP contribution in [0.4, 0.5) is 18.9 Å². The number of anilines is 1. The number of hydrogen-bond acceptors (Lipinski definition) is 2. The minimum absolute atomic E-state index is 0.0390. The number of carboxylic acid groups (broad SMARTS) is 1. The molecule has 0 saturated heterocycles. The molecule has 0 atom stereocenters. The fourth-order valence-electron chi connectivity index (χ4n) is 2.32. The summed E-state index contributed by atoms with van der Waals surface area (Å²) in [5.74, 6) is -2.01. The summed E-state index contributed by atoms with van der Waals surface area (Å²) in [6.45, 7) is 1.32. The number of alkyl halides is 3. The first-order valence-electron chi connectivity index (χ1n) is 6.39. The van der Waals surface area contributed by atoms with Gasteiger partial charge < -0.3 is 10.4 Å². The summed E-state index contributed by atoms with van der Waals surface area (Å²) in [6, 6.07) is 3.39. The van der Waals surface area contributed by atoms with Crippen molar-refractivity contribution in [3.63, 3.8) is 0 Å². The number of carboxylic acids is 1. The molecule has 0 aliphatic heterocycles. The number of carbonyl (C=O) groups is 2. The highest BCUT2D eigenvalue weighted by molar-refractivity contribution is 6.09. The second-order valence-electron chi connectivity index (χ2n) is 5.22. The van der Waals surface area contributed by atoms with Gasteiger partial charge in [-0.3, -0.25) is 9.59 Å². The van der Waals surface area contributed by atoms with Crippen LogP contribution in [-0.2, 0) is 15.8 Å². The Labute approximate surface area is 119 Å². The van der Waals surface area contributed by atoms with Gasteiger partial charge in [0.05, 0.1) is 5.56 Å². The Balaban J connectivity index is 2.25. The van der Waals surface area contributed by atoms with Crippen LogP contribution in [0.3, 0.4) is 0 Å². The zero-order chi connectivity index (χ0) is 15.8. The lowest BCUT2D eigenvalue weighted by atomic mass is 9.68. The molecule has 7 heteroatoms. The third-order valence-corrected chi connectivity index (χ3v) is 3.85. The molecule has 4 nitrogen and oxygen atoms in total. The van der Waals surface area contributed by atoms with Crippen LogP contribution < -0.4 is 5.32 Å². The van der Waals surface area contributed by atoms with Crippen LogP contribution in [0.5, 0.6) is 0 Å². The van der Waals surface area contributed by atoms with Gasteiger partial charge in [0.1, 0.15) is 5.41 Å². The predicted octanol–water partition coefficient (Wildman–Crippen LogP) is 3.21. The lowest BCUT2D eigenvalue weighted by Crippen LogP contribution is -2.48. The van der Waals surface area contributed by atoms with Crippen molar-refractivity contribution in [2.24, 2.45) is 5.41 Å². The lowest BCUT2D eigenvalue weighted by Gasteiger charge is -2.35. The third kappa shape index (κ3) is 2.72. The number of aryl methyl sites for hydroxylation is 1. The number of nitrogens with one attached hydrogen (secondary N) is 1. The van der Waals surface area contributed by atoms with E-state index in [0.29, 0.717) is 6.42 Å². The average Bonchev–Trinajstić information content (AvgIpc) is 2.28. The van der Waals surface area contributed by atoms with Gasteiger partial charge in [0.15, 0.2) is 0 Å². The molecule has 1 aliphatic carbocycles. The highest BCUT2D eigenvalue weighted by atomic mass is 19.4. The van der Waals surface area contributed by atoms with Crippen molar-refractivity contribution in [2.45, 2.75) is 32.4 Å². The SMILES string of the molecule is Cc1ccc(NC(=O)C2(C(=O)O)CCC2)cc1C(F)(F)F. The Morgan fingerprint density at radius 3 is 2.33 bits per heavy atom. The maximum Gasteiger partial charge on any atom is 0.416 e. The highest BCUT2D eigenvalue weighted by Crippen LogP contribution is 2.42. The van der Waals surface area contributed by atoms with E-state index < -0.39 is 29.0 Å². The second-order valence-corrected chi connectivity index (χ2v) is 5.22. The van der Waals surface area contributed by atoms with Gasteiger partial charge in [-0.1, -0.05) is 12.5 Å². The molecule has 2 N–H and O–H groups in total.